The highest BCUT2D eigenvalue weighted by Gasteiger charge is 2.27. The molecule has 0 bridgehead atoms. The number of nitrogens with one attached hydrogen (secondary N) is 1. The highest BCUT2D eigenvalue weighted by atomic mass is 35.5. The SMILES string of the molecule is FC(F)Oc1ccccc1Nc1cc(Cl)nc(C2CC2)n1. The quantitative estimate of drug-likeness (QED) is 0.834. The number of alkyl halides is 2. The fraction of sp³-hybridized carbons (Fsp3) is 0.286. The Hall–Kier alpha value is -1.95. The fourth-order valence-electron chi connectivity index (χ4n) is 1.93. The monoisotopic (exact) mass is 311 g/mol. The zero-order valence-electron chi connectivity index (χ0n) is 10.9. The number of nitrogens with zero attached hydrogens (tertiary/aromatic N) is 2. The minimum atomic E-state index is -2.89. The molecule has 1 aliphatic rings. The number of hydrogen-bond acceptors (Lipinski definition) is 4. The smallest absolute Gasteiger partial charge is 0.387 e. The van der Waals surface area contributed by atoms with Crippen molar-refractivity contribution in [3.8, 4) is 5.75 Å². The van der Waals surface area contributed by atoms with Gasteiger partial charge in [0.1, 0.15) is 22.5 Å². The van der Waals surface area contributed by atoms with Crippen LogP contribution >= 0.6 is 11.6 Å². The van der Waals surface area contributed by atoms with E-state index in [2.05, 4.69) is 20.0 Å². The van der Waals surface area contributed by atoms with Crippen molar-refractivity contribution < 1.29 is 13.5 Å². The lowest BCUT2D eigenvalue weighted by molar-refractivity contribution is -0.0493. The van der Waals surface area contributed by atoms with Crippen LogP contribution in [0.4, 0.5) is 20.3 Å². The van der Waals surface area contributed by atoms with Crippen LogP contribution in [0.2, 0.25) is 5.15 Å². The van der Waals surface area contributed by atoms with Gasteiger partial charge in [0, 0.05) is 12.0 Å². The number of anilines is 2. The van der Waals surface area contributed by atoms with Gasteiger partial charge in [-0.15, -0.1) is 0 Å². The van der Waals surface area contributed by atoms with Crippen LogP contribution in [0.3, 0.4) is 0 Å². The molecule has 2 aromatic rings. The van der Waals surface area contributed by atoms with Gasteiger partial charge in [0.05, 0.1) is 5.69 Å². The maximum Gasteiger partial charge on any atom is 0.387 e. The Labute approximate surface area is 125 Å². The molecular weight excluding hydrogens is 300 g/mol. The predicted molar refractivity (Wildman–Crippen MR) is 75.4 cm³/mol. The Morgan fingerprint density at radius 2 is 2.00 bits per heavy atom. The van der Waals surface area contributed by atoms with E-state index in [0.29, 0.717) is 28.4 Å². The highest BCUT2D eigenvalue weighted by molar-refractivity contribution is 6.29. The molecule has 1 aromatic carbocycles. The molecule has 21 heavy (non-hydrogen) atoms. The van der Waals surface area contributed by atoms with E-state index >= 15 is 0 Å². The zero-order valence-corrected chi connectivity index (χ0v) is 11.6. The van der Waals surface area contributed by atoms with Crippen molar-refractivity contribution >= 4 is 23.1 Å². The van der Waals surface area contributed by atoms with E-state index in [-0.39, 0.29) is 5.75 Å². The maximum atomic E-state index is 12.4. The summed E-state index contributed by atoms with van der Waals surface area (Å²) in [6, 6.07) is 7.97. The van der Waals surface area contributed by atoms with Gasteiger partial charge in [-0.1, -0.05) is 23.7 Å². The third kappa shape index (κ3) is 3.58. The van der Waals surface area contributed by atoms with Crippen molar-refractivity contribution in [2.75, 3.05) is 5.32 Å². The summed E-state index contributed by atoms with van der Waals surface area (Å²) in [5.41, 5.74) is 0.398. The zero-order chi connectivity index (χ0) is 14.8. The van der Waals surface area contributed by atoms with Crippen LogP contribution in [0, 0.1) is 0 Å². The summed E-state index contributed by atoms with van der Waals surface area (Å²) in [6.45, 7) is -2.89. The molecule has 1 heterocycles. The molecule has 110 valence electrons. The van der Waals surface area contributed by atoms with E-state index in [1.807, 2.05) is 0 Å². The maximum absolute atomic E-state index is 12.4. The lowest BCUT2D eigenvalue weighted by Gasteiger charge is -2.12. The Kier molecular flexibility index (Phi) is 3.88. The summed E-state index contributed by atoms with van der Waals surface area (Å²) in [4.78, 5) is 8.53. The molecule has 3 rings (SSSR count). The van der Waals surface area contributed by atoms with Crippen LogP contribution in [0.1, 0.15) is 24.6 Å². The largest absolute Gasteiger partial charge is 0.433 e. The number of hydrogen-bond donors (Lipinski definition) is 1. The van der Waals surface area contributed by atoms with Gasteiger partial charge in [0.15, 0.2) is 0 Å². The fourth-order valence-corrected chi connectivity index (χ4v) is 2.12. The summed E-state index contributed by atoms with van der Waals surface area (Å²) in [7, 11) is 0. The van der Waals surface area contributed by atoms with Crippen LogP contribution in [0.15, 0.2) is 30.3 Å². The van der Waals surface area contributed by atoms with E-state index in [9.17, 15) is 8.78 Å². The van der Waals surface area contributed by atoms with E-state index in [1.54, 1.807) is 24.3 Å². The van der Waals surface area contributed by atoms with Crippen molar-refractivity contribution in [2.45, 2.75) is 25.4 Å². The Bertz CT molecular complexity index is 650. The van der Waals surface area contributed by atoms with Crippen molar-refractivity contribution in [2.24, 2.45) is 0 Å². The number of rotatable bonds is 5. The van der Waals surface area contributed by atoms with E-state index < -0.39 is 6.61 Å². The van der Waals surface area contributed by atoms with Crippen molar-refractivity contribution in [3.63, 3.8) is 0 Å². The summed E-state index contributed by atoms with van der Waals surface area (Å²) < 4.78 is 29.2. The molecule has 4 nitrogen and oxygen atoms in total. The van der Waals surface area contributed by atoms with Gasteiger partial charge in [-0.2, -0.15) is 8.78 Å². The van der Waals surface area contributed by atoms with E-state index in [1.165, 1.54) is 6.07 Å². The third-order valence-electron chi connectivity index (χ3n) is 3.02. The van der Waals surface area contributed by atoms with E-state index in [4.69, 9.17) is 11.6 Å². The van der Waals surface area contributed by atoms with Gasteiger partial charge < -0.3 is 10.1 Å². The second-order valence-corrected chi connectivity index (χ2v) is 5.10. The van der Waals surface area contributed by atoms with Gasteiger partial charge in [-0.3, -0.25) is 0 Å². The molecule has 0 atom stereocenters. The summed E-state index contributed by atoms with van der Waals surface area (Å²) >= 11 is 5.97. The average molecular weight is 312 g/mol. The topological polar surface area (TPSA) is 47.0 Å². The molecule has 0 amide bonds. The first-order valence-electron chi connectivity index (χ1n) is 6.47. The molecule has 0 radical (unpaired) electrons. The molecular formula is C14H12ClF2N3O. The Morgan fingerprint density at radius 1 is 1.24 bits per heavy atom. The molecule has 0 aliphatic heterocycles. The molecule has 0 unspecified atom stereocenters. The van der Waals surface area contributed by atoms with Gasteiger partial charge >= 0.3 is 6.61 Å². The van der Waals surface area contributed by atoms with Crippen molar-refractivity contribution in [1.29, 1.82) is 0 Å². The summed E-state index contributed by atoms with van der Waals surface area (Å²) in [6.07, 6.45) is 2.09. The molecule has 1 aliphatic carbocycles. The number of aromatic nitrogens is 2. The molecule has 7 heteroatoms. The molecule has 0 saturated heterocycles. The second-order valence-electron chi connectivity index (χ2n) is 4.71. The second kappa shape index (κ2) is 5.81. The van der Waals surface area contributed by atoms with E-state index in [0.717, 1.165) is 12.8 Å². The first kappa shape index (κ1) is 14.0. The number of halogens is 3. The van der Waals surface area contributed by atoms with Crippen molar-refractivity contribution in [3.05, 3.63) is 41.3 Å². The number of ether oxygens (including phenoxy) is 1. The first-order chi connectivity index (χ1) is 10.1. The molecule has 1 saturated carbocycles. The van der Waals surface area contributed by atoms with Gasteiger partial charge in [-0.05, 0) is 25.0 Å². The standard InChI is InChI=1S/C14H12ClF2N3O/c15-11-7-12(20-13(19-11)8-5-6-8)18-9-3-1-2-4-10(9)21-14(16)17/h1-4,7-8,14H,5-6H2,(H,18,19,20). The number of para-hydroxylation sites is 2. The number of benzene rings is 1. The molecule has 1 N–H and O–H groups in total. The van der Waals surface area contributed by atoms with Gasteiger partial charge in [0.25, 0.3) is 0 Å². The third-order valence-corrected chi connectivity index (χ3v) is 3.21. The molecule has 1 fully saturated rings. The van der Waals surface area contributed by atoms with Crippen molar-refractivity contribution in [1.82, 2.24) is 9.97 Å². The van der Waals surface area contributed by atoms with Gasteiger partial charge in [0.2, 0.25) is 0 Å². The minimum Gasteiger partial charge on any atom is -0.433 e. The Morgan fingerprint density at radius 3 is 2.71 bits per heavy atom. The average Bonchev–Trinajstić information content (AvgIpc) is 3.24. The molecule has 0 spiro atoms. The van der Waals surface area contributed by atoms with Crippen LogP contribution < -0.4 is 10.1 Å². The highest BCUT2D eigenvalue weighted by Crippen LogP contribution is 2.39. The molecule has 1 aromatic heterocycles. The normalized spacial score (nSPS) is 14.3. The predicted octanol–water partition coefficient (Wildman–Crippen LogP) is 4.35. The van der Waals surface area contributed by atoms with Crippen LogP contribution in [0.25, 0.3) is 0 Å². The first-order valence-corrected chi connectivity index (χ1v) is 6.85. The summed E-state index contributed by atoms with van der Waals surface area (Å²) in [5, 5.41) is 3.27. The lowest BCUT2D eigenvalue weighted by Crippen LogP contribution is -2.05. The summed E-state index contributed by atoms with van der Waals surface area (Å²) in [5.74, 6) is 1.53. The lowest BCUT2D eigenvalue weighted by atomic mass is 10.3. The van der Waals surface area contributed by atoms with Crippen LogP contribution in [0.5, 0.6) is 5.75 Å². The van der Waals surface area contributed by atoms with Crippen LogP contribution in [-0.4, -0.2) is 16.6 Å². The Balaban J connectivity index is 1.86. The minimum absolute atomic E-state index is 0.0511. The van der Waals surface area contributed by atoms with Crippen LogP contribution in [-0.2, 0) is 0 Å². The van der Waals surface area contributed by atoms with Gasteiger partial charge in [-0.25, -0.2) is 9.97 Å².